The fourth-order valence-electron chi connectivity index (χ4n) is 2.86. The van der Waals surface area contributed by atoms with Gasteiger partial charge in [-0.25, -0.2) is 29.1 Å². The number of piperazine rings is 1. The van der Waals surface area contributed by atoms with Gasteiger partial charge in [0.25, 0.3) is 0 Å². The molecule has 0 saturated carbocycles. The first-order chi connectivity index (χ1) is 16.1. The summed E-state index contributed by atoms with van der Waals surface area (Å²) in [4.78, 5) is 52.5. The highest BCUT2D eigenvalue weighted by Gasteiger charge is 2.19. The number of anilines is 1. The van der Waals surface area contributed by atoms with Crippen LogP contribution in [0, 0.1) is 0 Å². The zero-order valence-electron chi connectivity index (χ0n) is 18.0. The number of hydrogen-bond acceptors (Lipinski definition) is 9. The molecule has 12 nitrogen and oxygen atoms in total. The molecule has 0 radical (unpaired) electrons. The van der Waals surface area contributed by atoms with Crippen molar-refractivity contribution in [2.45, 2.75) is 0 Å². The molecule has 0 spiro atoms. The second kappa shape index (κ2) is 12.2. The molecule has 1 fully saturated rings. The Morgan fingerprint density at radius 1 is 0.824 bits per heavy atom. The number of rotatable bonds is 2. The van der Waals surface area contributed by atoms with E-state index in [2.05, 4.69) is 57.1 Å². The van der Waals surface area contributed by atoms with Crippen LogP contribution in [-0.4, -0.2) is 92.4 Å². The molecule has 0 bridgehead atoms. The van der Waals surface area contributed by atoms with Gasteiger partial charge in [-0.05, 0) is 18.7 Å². The van der Waals surface area contributed by atoms with E-state index >= 15 is 0 Å². The highest BCUT2D eigenvalue weighted by molar-refractivity contribution is 7.21. The van der Waals surface area contributed by atoms with E-state index in [1.165, 1.54) is 15.8 Å². The monoisotopic (exact) mass is 490 g/mol. The van der Waals surface area contributed by atoms with Gasteiger partial charge in [-0.3, -0.25) is 0 Å². The first-order valence-corrected chi connectivity index (χ1v) is 10.6. The van der Waals surface area contributed by atoms with E-state index in [1.54, 1.807) is 17.7 Å². The van der Waals surface area contributed by atoms with Gasteiger partial charge in [-0.15, -0.1) is 11.3 Å². The summed E-state index contributed by atoms with van der Waals surface area (Å²) in [6.45, 7) is 4.22. The largest absolute Gasteiger partial charge is 0.473 e. The number of fused-ring (bicyclic) bond motifs is 1. The lowest BCUT2D eigenvalue weighted by atomic mass is 10.2. The lowest BCUT2D eigenvalue weighted by molar-refractivity contribution is -0.159. The third-order valence-electron chi connectivity index (χ3n) is 4.54. The van der Waals surface area contributed by atoms with Crippen molar-refractivity contribution >= 4 is 51.2 Å². The predicted molar refractivity (Wildman–Crippen MR) is 123 cm³/mol. The Hall–Kier alpha value is -4.10. The normalized spacial score (nSPS) is 13.1. The molecule has 3 heterocycles. The van der Waals surface area contributed by atoms with Gasteiger partial charge in [0.15, 0.2) is 0 Å². The number of carboxylic acids is 4. The van der Waals surface area contributed by atoms with Crippen molar-refractivity contribution in [3.8, 4) is 10.4 Å². The molecule has 1 aromatic carbocycles. The van der Waals surface area contributed by atoms with Crippen LogP contribution >= 0.6 is 11.3 Å². The van der Waals surface area contributed by atoms with Crippen LogP contribution in [0.3, 0.4) is 0 Å². The van der Waals surface area contributed by atoms with Crippen molar-refractivity contribution in [3.05, 3.63) is 42.7 Å². The molecule has 13 heteroatoms. The average Bonchev–Trinajstić information content (AvgIpc) is 3.25. The number of carboxylic acid groups (broad SMARTS) is 4. The van der Waals surface area contributed by atoms with E-state index in [9.17, 15) is 0 Å². The maximum Gasteiger partial charge on any atom is 0.414 e. The van der Waals surface area contributed by atoms with Gasteiger partial charge < -0.3 is 30.2 Å². The first-order valence-electron chi connectivity index (χ1n) is 9.76. The number of aliphatic carboxylic acids is 4. The highest BCUT2D eigenvalue weighted by atomic mass is 32.1. The van der Waals surface area contributed by atoms with E-state index in [0.717, 1.165) is 36.8 Å². The molecule has 1 saturated heterocycles. The van der Waals surface area contributed by atoms with Gasteiger partial charge in [0, 0.05) is 31.1 Å². The lowest BCUT2D eigenvalue weighted by Crippen LogP contribution is -2.44. The molecule has 180 valence electrons. The van der Waals surface area contributed by atoms with Gasteiger partial charge in [0.05, 0.1) is 5.39 Å². The summed E-state index contributed by atoms with van der Waals surface area (Å²) in [5.74, 6) is -6.22. The minimum absolute atomic E-state index is 1.03. The van der Waals surface area contributed by atoms with Crippen LogP contribution in [0.4, 0.5) is 5.82 Å². The Bertz CT molecular complexity index is 1110. The third-order valence-corrected chi connectivity index (χ3v) is 5.63. The van der Waals surface area contributed by atoms with Crippen LogP contribution in [0.25, 0.3) is 20.7 Å². The van der Waals surface area contributed by atoms with Gasteiger partial charge in [0.2, 0.25) is 0 Å². The molecule has 3 aromatic rings. The van der Waals surface area contributed by atoms with Crippen LogP contribution in [0.5, 0.6) is 0 Å². The number of carbonyl (C=O) groups is 4. The van der Waals surface area contributed by atoms with Gasteiger partial charge in [-0.2, -0.15) is 0 Å². The van der Waals surface area contributed by atoms with Gasteiger partial charge >= 0.3 is 23.9 Å². The summed E-state index contributed by atoms with van der Waals surface area (Å²) >= 11 is 1.74. The molecule has 0 unspecified atom stereocenters. The van der Waals surface area contributed by atoms with Crippen LogP contribution in [0.2, 0.25) is 0 Å². The van der Waals surface area contributed by atoms with Crippen molar-refractivity contribution < 1.29 is 39.6 Å². The quantitative estimate of drug-likeness (QED) is 0.380. The minimum atomic E-state index is -1.82. The second-order valence-corrected chi connectivity index (χ2v) is 7.93. The Morgan fingerprint density at radius 2 is 1.35 bits per heavy atom. The zero-order valence-corrected chi connectivity index (χ0v) is 18.8. The summed E-state index contributed by atoms with van der Waals surface area (Å²) in [5, 5.41) is 30.7. The summed E-state index contributed by atoms with van der Waals surface area (Å²) in [7, 11) is 2.17. The van der Waals surface area contributed by atoms with Crippen molar-refractivity contribution in [3.63, 3.8) is 0 Å². The Labute approximate surface area is 197 Å². The number of aromatic nitrogens is 2. The number of nitrogens with zero attached hydrogens (tertiary/aromatic N) is 4. The Kier molecular flexibility index (Phi) is 9.40. The number of thiophene rings is 1. The molecule has 1 aliphatic rings. The second-order valence-electron chi connectivity index (χ2n) is 6.90. The van der Waals surface area contributed by atoms with E-state index in [4.69, 9.17) is 39.6 Å². The lowest BCUT2D eigenvalue weighted by Gasteiger charge is -2.33. The van der Waals surface area contributed by atoms with Crippen molar-refractivity contribution in [2.24, 2.45) is 0 Å². The maximum atomic E-state index is 9.10. The molecule has 34 heavy (non-hydrogen) atoms. The number of benzene rings is 1. The molecule has 0 amide bonds. The SMILES string of the molecule is CN1CCN(c2ncnc3sc(-c4ccccc4)cc23)CC1.O=C(O)C(=O)O.O=C(O)C(=O)O. The maximum absolute atomic E-state index is 9.10. The molecule has 4 N–H and O–H groups in total. The Balaban J connectivity index is 0.000000285. The van der Waals surface area contributed by atoms with E-state index < -0.39 is 23.9 Å². The molecule has 0 atom stereocenters. The Morgan fingerprint density at radius 3 is 1.85 bits per heavy atom. The average molecular weight is 490 g/mol. The summed E-state index contributed by atoms with van der Waals surface area (Å²) in [6, 6.07) is 12.7. The highest BCUT2D eigenvalue weighted by Crippen LogP contribution is 2.36. The molecular weight excluding hydrogens is 468 g/mol. The van der Waals surface area contributed by atoms with Crippen molar-refractivity contribution in [1.82, 2.24) is 14.9 Å². The molecule has 4 rings (SSSR count). The van der Waals surface area contributed by atoms with Crippen LogP contribution in [0.1, 0.15) is 0 Å². The molecule has 1 aliphatic heterocycles. The van der Waals surface area contributed by atoms with Crippen molar-refractivity contribution in [2.75, 3.05) is 38.1 Å². The molecular formula is C21H22N4O8S. The first kappa shape index (κ1) is 26.2. The molecule has 2 aromatic heterocycles. The topological polar surface area (TPSA) is 181 Å². The number of likely N-dealkylation sites (N-methyl/N-ethyl adjacent to an activating group) is 1. The zero-order chi connectivity index (χ0) is 25.3. The van der Waals surface area contributed by atoms with Gasteiger partial charge in [0.1, 0.15) is 17.0 Å². The smallest absolute Gasteiger partial charge is 0.414 e. The van der Waals surface area contributed by atoms with E-state index in [1.807, 2.05) is 6.07 Å². The fourth-order valence-corrected chi connectivity index (χ4v) is 3.86. The fraction of sp³-hybridized carbons (Fsp3) is 0.238. The van der Waals surface area contributed by atoms with Crippen LogP contribution in [-0.2, 0) is 19.2 Å². The predicted octanol–water partition coefficient (Wildman–Crippen LogP) is 1.42. The summed E-state index contributed by atoms with van der Waals surface area (Å²) in [5.41, 5.74) is 1.25. The summed E-state index contributed by atoms with van der Waals surface area (Å²) < 4.78 is 0. The van der Waals surface area contributed by atoms with Crippen LogP contribution in [0.15, 0.2) is 42.7 Å². The van der Waals surface area contributed by atoms with Gasteiger partial charge in [-0.1, -0.05) is 30.3 Å². The molecule has 0 aliphatic carbocycles. The summed E-state index contributed by atoms with van der Waals surface area (Å²) in [6.07, 6.45) is 1.70. The third kappa shape index (κ3) is 7.50. The minimum Gasteiger partial charge on any atom is -0.473 e. The van der Waals surface area contributed by atoms with E-state index in [0.29, 0.717) is 0 Å². The number of hydrogen-bond donors (Lipinski definition) is 4. The van der Waals surface area contributed by atoms with Crippen molar-refractivity contribution in [1.29, 1.82) is 0 Å². The van der Waals surface area contributed by atoms with E-state index in [-0.39, 0.29) is 0 Å². The standard InChI is InChI=1S/C17H18N4S.2C2H2O4/c1-20-7-9-21(10-8-20)16-14-11-15(13-5-3-2-4-6-13)22-17(14)19-12-18-16;2*3-1(4)2(5)6/h2-6,11-12H,7-10H2,1H3;2*(H,3,4)(H,5,6). The van der Waals surface area contributed by atoms with Crippen LogP contribution < -0.4 is 4.90 Å².